The summed E-state index contributed by atoms with van der Waals surface area (Å²) in [5.41, 5.74) is 9.31. The van der Waals surface area contributed by atoms with Crippen LogP contribution in [-0.4, -0.2) is 42.6 Å². The fourth-order valence-corrected chi connectivity index (χ4v) is 3.46. The van der Waals surface area contributed by atoms with E-state index in [-0.39, 0.29) is 12.4 Å². The maximum absolute atomic E-state index is 5.95. The molecule has 1 aromatic heterocycles. The van der Waals surface area contributed by atoms with Gasteiger partial charge in [0.1, 0.15) is 12.4 Å². The number of aryl methyl sites for hydroxylation is 3. The minimum Gasteiger partial charge on any atom is -1.00 e. The molecule has 138 valence electrons. The Hall–Kier alpha value is -1.72. The van der Waals surface area contributed by atoms with Gasteiger partial charge in [0.15, 0.2) is 0 Å². The van der Waals surface area contributed by atoms with Crippen LogP contribution in [0.4, 0.5) is 11.4 Å². The quantitative estimate of drug-likeness (QED) is 0.522. The number of anilines is 2. The number of nitrogens with zero attached hydrogens (tertiary/aromatic N) is 3. The van der Waals surface area contributed by atoms with Gasteiger partial charge < -0.3 is 27.9 Å². The first-order valence-corrected chi connectivity index (χ1v) is 8.99. The number of aromatic amines is 1. The zero-order chi connectivity index (χ0) is 16.9. The molecular formula is C19H30ClN5. The third-order valence-corrected chi connectivity index (χ3v) is 5.07. The molecule has 2 heterocycles. The highest BCUT2D eigenvalue weighted by Gasteiger charge is 2.16. The van der Waals surface area contributed by atoms with Crippen LogP contribution in [0.15, 0.2) is 30.6 Å². The van der Waals surface area contributed by atoms with Gasteiger partial charge in [0.2, 0.25) is 0 Å². The number of hydrogen-bond acceptors (Lipinski definition) is 3. The van der Waals surface area contributed by atoms with E-state index in [9.17, 15) is 0 Å². The second-order valence-electron chi connectivity index (χ2n) is 6.84. The van der Waals surface area contributed by atoms with Gasteiger partial charge in [-0.05, 0) is 56.6 Å². The molecule has 0 unspecified atom stereocenters. The van der Waals surface area contributed by atoms with Gasteiger partial charge in [-0.2, -0.15) is 0 Å². The van der Waals surface area contributed by atoms with Crippen molar-refractivity contribution >= 4 is 11.4 Å². The Morgan fingerprint density at radius 1 is 1.20 bits per heavy atom. The van der Waals surface area contributed by atoms with Crippen molar-refractivity contribution in [2.45, 2.75) is 26.2 Å². The van der Waals surface area contributed by atoms with Gasteiger partial charge in [-0.3, -0.25) is 0 Å². The lowest BCUT2D eigenvalue weighted by atomic mass is 10.1. The number of halogens is 1. The number of H-pyrrole nitrogens is 1. The highest BCUT2D eigenvalue weighted by atomic mass is 35.5. The van der Waals surface area contributed by atoms with Crippen LogP contribution < -0.4 is 27.6 Å². The van der Waals surface area contributed by atoms with Crippen LogP contribution in [-0.2, 0) is 13.5 Å². The van der Waals surface area contributed by atoms with E-state index in [2.05, 4.69) is 51.7 Å². The average Bonchev–Trinajstić information content (AvgIpc) is 2.83. The van der Waals surface area contributed by atoms with Crippen molar-refractivity contribution in [3.63, 3.8) is 0 Å². The number of imidazole rings is 1. The predicted molar refractivity (Wildman–Crippen MR) is 99.2 cm³/mol. The third-order valence-electron chi connectivity index (χ3n) is 5.07. The number of rotatable bonds is 5. The van der Waals surface area contributed by atoms with Gasteiger partial charge in [0.05, 0.1) is 13.5 Å². The summed E-state index contributed by atoms with van der Waals surface area (Å²) in [6.45, 7) is 7.82. The standard InChI is InChI=1S/C19H29N5.ClH/c1-16-15-17(6-7-18(16)20)24-11-4-10-23(13-14-24)9-3-5-19-21-8-12-22(19)2;/h6-8,12,15H,3-5,9-11,13-14,20H2,1-2H3;1H. The van der Waals surface area contributed by atoms with Crippen LogP contribution in [0.1, 0.15) is 24.2 Å². The van der Waals surface area contributed by atoms with Gasteiger partial charge in [0.25, 0.3) is 5.82 Å². The molecule has 0 bridgehead atoms. The van der Waals surface area contributed by atoms with Crippen LogP contribution in [0.3, 0.4) is 0 Å². The van der Waals surface area contributed by atoms with Crippen LogP contribution in [0, 0.1) is 6.92 Å². The van der Waals surface area contributed by atoms with E-state index in [1.54, 1.807) is 0 Å². The summed E-state index contributed by atoms with van der Waals surface area (Å²) in [6, 6.07) is 6.41. The molecule has 5 nitrogen and oxygen atoms in total. The fourth-order valence-electron chi connectivity index (χ4n) is 3.46. The number of aromatic nitrogens is 2. The average molecular weight is 364 g/mol. The molecule has 0 atom stereocenters. The first-order chi connectivity index (χ1) is 11.6. The Morgan fingerprint density at radius 2 is 2.04 bits per heavy atom. The van der Waals surface area contributed by atoms with E-state index < -0.39 is 0 Å². The van der Waals surface area contributed by atoms with E-state index in [4.69, 9.17) is 5.73 Å². The second kappa shape index (κ2) is 9.11. The van der Waals surface area contributed by atoms with Crippen molar-refractivity contribution in [3.8, 4) is 0 Å². The van der Waals surface area contributed by atoms with Crippen molar-refractivity contribution in [2.75, 3.05) is 43.4 Å². The molecule has 0 amide bonds. The van der Waals surface area contributed by atoms with Crippen molar-refractivity contribution in [2.24, 2.45) is 7.05 Å². The molecule has 3 rings (SSSR count). The number of nitrogens with one attached hydrogen (secondary N) is 1. The van der Waals surface area contributed by atoms with Crippen molar-refractivity contribution in [1.82, 2.24) is 9.88 Å². The lowest BCUT2D eigenvalue weighted by molar-refractivity contribution is -0.677. The SMILES string of the molecule is Cc1cc(N2CCCN(CCCc3[nH]cc[n+]3C)CC2)ccc1N.[Cl-]. The van der Waals surface area contributed by atoms with E-state index in [1.165, 1.54) is 43.0 Å². The van der Waals surface area contributed by atoms with Gasteiger partial charge >= 0.3 is 0 Å². The van der Waals surface area contributed by atoms with Gasteiger partial charge in [0, 0.05) is 31.0 Å². The van der Waals surface area contributed by atoms with Gasteiger partial charge in [-0.25, -0.2) is 9.55 Å². The lowest BCUT2D eigenvalue weighted by Crippen LogP contribution is -3.00. The molecule has 1 fully saturated rings. The van der Waals surface area contributed by atoms with E-state index in [0.29, 0.717) is 0 Å². The number of nitrogen functional groups attached to an aromatic ring is 1. The number of hydrogen-bond donors (Lipinski definition) is 2. The molecule has 0 saturated carbocycles. The maximum Gasteiger partial charge on any atom is 0.254 e. The largest absolute Gasteiger partial charge is 1.00 e. The highest BCUT2D eigenvalue weighted by Crippen LogP contribution is 2.21. The Balaban J connectivity index is 0.00000225. The summed E-state index contributed by atoms with van der Waals surface area (Å²) in [7, 11) is 2.10. The summed E-state index contributed by atoms with van der Waals surface area (Å²) < 4.78 is 2.17. The minimum atomic E-state index is 0. The Morgan fingerprint density at radius 3 is 2.76 bits per heavy atom. The number of benzene rings is 1. The Labute approximate surface area is 157 Å². The van der Waals surface area contributed by atoms with Gasteiger partial charge in [-0.1, -0.05) is 0 Å². The minimum absolute atomic E-state index is 0. The van der Waals surface area contributed by atoms with Crippen molar-refractivity contribution in [1.29, 1.82) is 0 Å². The Kier molecular flexibility index (Phi) is 7.14. The van der Waals surface area contributed by atoms with Crippen molar-refractivity contribution in [3.05, 3.63) is 42.0 Å². The molecule has 0 spiro atoms. The zero-order valence-corrected chi connectivity index (χ0v) is 16.1. The number of nitrogens with two attached hydrogens (primary N) is 1. The normalized spacial score (nSPS) is 15.7. The summed E-state index contributed by atoms with van der Waals surface area (Å²) >= 11 is 0. The van der Waals surface area contributed by atoms with Crippen molar-refractivity contribution < 1.29 is 17.0 Å². The molecule has 0 radical (unpaired) electrons. The first kappa shape index (κ1) is 19.6. The van der Waals surface area contributed by atoms with E-state index in [1.807, 2.05) is 12.3 Å². The molecule has 1 aromatic carbocycles. The predicted octanol–water partition coefficient (Wildman–Crippen LogP) is -1.12. The third kappa shape index (κ3) is 5.13. The summed E-state index contributed by atoms with van der Waals surface area (Å²) in [5.74, 6) is 1.31. The van der Waals surface area contributed by atoms with Gasteiger partial charge in [-0.15, -0.1) is 0 Å². The van der Waals surface area contributed by atoms with Crippen LogP contribution in [0.2, 0.25) is 0 Å². The maximum atomic E-state index is 5.95. The molecule has 1 aliphatic rings. The Bertz CT molecular complexity index is 670. The second-order valence-corrected chi connectivity index (χ2v) is 6.84. The first-order valence-electron chi connectivity index (χ1n) is 8.99. The molecule has 1 saturated heterocycles. The van der Waals surface area contributed by atoms with Crippen LogP contribution >= 0.6 is 0 Å². The molecular weight excluding hydrogens is 334 g/mol. The monoisotopic (exact) mass is 363 g/mol. The molecule has 1 aliphatic heterocycles. The molecule has 3 N–H and O–H groups in total. The topological polar surface area (TPSA) is 52.2 Å². The van der Waals surface area contributed by atoms with E-state index in [0.717, 1.165) is 31.7 Å². The zero-order valence-electron chi connectivity index (χ0n) is 15.3. The molecule has 0 aliphatic carbocycles. The smallest absolute Gasteiger partial charge is 0.254 e. The summed E-state index contributed by atoms with van der Waals surface area (Å²) in [4.78, 5) is 8.42. The fraction of sp³-hybridized carbons (Fsp3) is 0.526. The lowest BCUT2D eigenvalue weighted by Gasteiger charge is -2.24. The highest BCUT2D eigenvalue weighted by molar-refractivity contribution is 5.58. The molecule has 6 heteroatoms. The van der Waals surface area contributed by atoms with Crippen LogP contribution in [0.5, 0.6) is 0 Å². The molecule has 2 aromatic rings. The van der Waals surface area contributed by atoms with E-state index >= 15 is 0 Å². The van der Waals surface area contributed by atoms with Crippen LogP contribution in [0.25, 0.3) is 0 Å². The summed E-state index contributed by atoms with van der Waals surface area (Å²) in [6.07, 6.45) is 7.62. The summed E-state index contributed by atoms with van der Waals surface area (Å²) in [5, 5.41) is 0. The molecule has 25 heavy (non-hydrogen) atoms.